The number of ketones is 2. The number of Topliss-reactive ketones (excluding diaryl/α,β-unsaturated/α-hetero) is 2. The third kappa shape index (κ3) is 5.17. The lowest BCUT2D eigenvalue weighted by atomic mass is 9.71. The zero-order chi connectivity index (χ0) is 25.9. The minimum atomic E-state index is -0.412. The predicted octanol–water partition coefficient (Wildman–Crippen LogP) is 5.11. The fourth-order valence-corrected chi connectivity index (χ4v) is 5.39. The van der Waals surface area contributed by atoms with Gasteiger partial charge in [0.15, 0.2) is 29.7 Å². The summed E-state index contributed by atoms with van der Waals surface area (Å²) in [6.07, 6.45) is 4.22. The standard InChI is InChI=1S/C30H32N2O5/c1-3-36-26-16-19(12-15-25(26)37-17-27(35)31-20-13-10-18(2)11-14-20)28-29-21(6-4-8-23(29)33)32-22-7-5-9-24(34)30(22)28/h10-16,28,32H,3-9,17H2,1-2H3,(H,31,35). The van der Waals surface area contributed by atoms with E-state index in [1.165, 1.54) is 0 Å². The number of hydrogen-bond acceptors (Lipinski definition) is 6. The van der Waals surface area contributed by atoms with Crippen molar-refractivity contribution in [2.45, 2.75) is 58.3 Å². The van der Waals surface area contributed by atoms with E-state index in [0.29, 0.717) is 47.8 Å². The fourth-order valence-electron chi connectivity index (χ4n) is 5.39. The molecule has 0 saturated heterocycles. The van der Waals surface area contributed by atoms with Crippen LogP contribution in [0.25, 0.3) is 0 Å². The predicted molar refractivity (Wildman–Crippen MR) is 141 cm³/mol. The molecule has 1 aliphatic heterocycles. The van der Waals surface area contributed by atoms with Gasteiger partial charge in [-0.2, -0.15) is 0 Å². The molecule has 2 aliphatic carbocycles. The first kappa shape index (κ1) is 24.8. The molecule has 2 aromatic rings. The largest absolute Gasteiger partial charge is 0.490 e. The zero-order valence-electron chi connectivity index (χ0n) is 21.3. The van der Waals surface area contributed by atoms with Crippen molar-refractivity contribution < 1.29 is 23.9 Å². The molecule has 3 aliphatic rings. The third-order valence-corrected chi connectivity index (χ3v) is 7.09. The Kier molecular flexibility index (Phi) is 7.12. The van der Waals surface area contributed by atoms with Crippen LogP contribution in [-0.4, -0.2) is 30.7 Å². The molecule has 5 rings (SSSR count). The van der Waals surface area contributed by atoms with E-state index in [9.17, 15) is 14.4 Å². The number of nitrogens with one attached hydrogen (secondary N) is 2. The summed E-state index contributed by atoms with van der Waals surface area (Å²) in [4.78, 5) is 38.6. The molecule has 2 N–H and O–H groups in total. The Morgan fingerprint density at radius 2 is 1.54 bits per heavy atom. The number of aryl methyl sites for hydroxylation is 1. The van der Waals surface area contributed by atoms with Crippen LogP contribution in [0.1, 0.15) is 62.5 Å². The van der Waals surface area contributed by atoms with Crippen molar-refractivity contribution >= 4 is 23.2 Å². The summed E-state index contributed by atoms with van der Waals surface area (Å²) in [5, 5.41) is 6.27. The van der Waals surface area contributed by atoms with Gasteiger partial charge in [-0.15, -0.1) is 0 Å². The molecule has 0 fully saturated rings. The van der Waals surface area contributed by atoms with E-state index in [4.69, 9.17) is 9.47 Å². The van der Waals surface area contributed by atoms with Gasteiger partial charge in [-0.3, -0.25) is 14.4 Å². The normalized spacial score (nSPS) is 17.7. The minimum absolute atomic E-state index is 0.0923. The second-order valence-electron chi connectivity index (χ2n) is 9.74. The van der Waals surface area contributed by atoms with Gasteiger partial charge < -0.3 is 20.1 Å². The Labute approximate surface area is 216 Å². The average molecular weight is 501 g/mol. The van der Waals surface area contributed by atoms with E-state index in [2.05, 4.69) is 10.6 Å². The highest BCUT2D eigenvalue weighted by Gasteiger charge is 2.40. The van der Waals surface area contributed by atoms with E-state index in [1.54, 1.807) is 6.07 Å². The van der Waals surface area contributed by atoms with Gasteiger partial charge in [0.25, 0.3) is 5.91 Å². The molecular weight excluding hydrogens is 468 g/mol. The molecule has 0 atom stereocenters. The van der Waals surface area contributed by atoms with Crippen LogP contribution in [0.4, 0.5) is 5.69 Å². The lowest BCUT2D eigenvalue weighted by Crippen LogP contribution is -2.36. The number of anilines is 1. The molecule has 0 spiro atoms. The van der Waals surface area contributed by atoms with Gasteiger partial charge in [0.1, 0.15) is 0 Å². The number of ether oxygens (including phenoxy) is 2. The lowest BCUT2D eigenvalue weighted by molar-refractivity contribution is -0.118. The van der Waals surface area contributed by atoms with Crippen LogP contribution < -0.4 is 20.1 Å². The second kappa shape index (κ2) is 10.6. The van der Waals surface area contributed by atoms with Crippen molar-refractivity contribution in [2.24, 2.45) is 0 Å². The highest BCUT2D eigenvalue weighted by Crippen LogP contribution is 2.46. The fraction of sp³-hybridized carbons (Fsp3) is 0.367. The first-order valence-electron chi connectivity index (χ1n) is 13.0. The van der Waals surface area contributed by atoms with E-state index < -0.39 is 5.92 Å². The molecule has 1 amide bonds. The molecular formula is C30H32N2O5. The number of allylic oxidation sites excluding steroid dienone is 4. The van der Waals surface area contributed by atoms with Crippen molar-refractivity contribution in [3.05, 3.63) is 76.1 Å². The van der Waals surface area contributed by atoms with E-state index in [-0.39, 0.29) is 24.1 Å². The molecule has 0 unspecified atom stereocenters. The van der Waals surface area contributed by atoms with Gasteiger partial charge in [-0.25, -0.2) is 0 Å². The second-order valence-corrected chi connectivity index (χ2v) is 9.74. The molecule has 2 aromatic carbocycles. The first-order chi connectivity index (χ1) is 17.9. The number of rotatable bonds is 7. The lowest BCUT2D eigenvalue weighted by Gasteiger charge is -2.37. The molecule has 0 saturated carbocycles. The molecule has 37 heavy (non-hydrogen) atoms. The highest BCUT2D eigenvalue weighted by molar-refractivity contribution is 6.06. The Hall–Kier alpha value is -3.87. The van der Waals surface area contributed by atoms with Crippen LogP contribution >= 0.6 is 0 Å². The van der Waals surface area contributed by atoms with Crippen molar-refractivity contribution in [1.82, 2.24) is 5.32 Å². The minimum Gasteiger partial charge on any atom is -0.490 e. The number of benzene rings is 2. The summed E-state index contributed by atoms with van der Waals surface area (Å²) in [5.41, 5.74) is 5.93. The van der Waals surface area contributed by atoms with Crippen LogP contribution in [0.5, 0.6) is 11.5 Å². The average Bonchev–Trinajstić information content (AvgIpc) is 2.89. The summed E-state index contributed by atoms with van der Waals surface area (Å²) in [7, 11) is 0. The summed E-state index contributed by atoms with van der Waals surface area (Å²) in [6, 6.07) is 13.0. The number of hydrogen-bond donors (Lipinski definition) is 2. The number of carbonyl (C=O) groups is 3. The first-order valence-corrected chi connectivity index (χ1v) is 13.0. The van der Waals surface area contributed by atoms with Gasteiger partial charge >= 0.3 is 0 Å². The maximum atomic E-state index is 13.1. The Morgan fingerprint density at radius 3 is 2.16 bits per heavy atom. The number of dihydropyridines is 1. The van der Waals surface area contributed by atoms with Crippen molar-refractivity contribution in [3.63, 3.8) is 0 Å². The summed E-state index contributed by atoms with van der Waals surface area (Å²) >= 11 is 0. The van der Waals surface area contributed by atoms with Gasteiger partial charge in [0.05, 0.1) is 6.61 Å². The van der Waals surface area contributed by atoms with E-state index in [1.807, 2.05) is 50.2 Å². The molecule has 0 radical (unpaired) electrons. The Morgan fingerprint density at radius 1 is 0.892 bits per heavy atom. The SMILES string of the molecule is CCOc1cc(C2C3=C(CCCC3=O)NC3=C2C(=O)CCC3)ccc1OCC(=O)Nc1ccc(C)cc1. The summed E-state index contributed by atoms with van der Waals surface area (Å²) in [6.45, 7) is 4.09. The van der Waals surface area contributed by atoms with Gasteiger partial charge in [0, 0.05) is 47.0 Å². The summed E-state index contributed by atoms with van der Waals surface area (Å²) < 4.78 is 11.7. The Bertz CT molecular complexity index is 1260. The number of amides is 1. The van der Waals surface area contributed by atoms with E-state index in [0.717, 1.165) is 48.2 Å². The molecule has 1 heterocycles. The quantitative estimate of drug-likeness (QED) is 0.549. The van der Waals surface area contributed by atoms with Crippen LogP contribution in [0.2, 0.25) is 0 Å². The maximum absolute atomic E-state index is 13.1. The van der Waals surface area contributed by atoms with Crippen LogP contribution in [0.3, 0.4) is 0 Å². The molecule has 0 aromatic heterocycles. The van der Waals surface area contributed by atoms with Gasteiger partial charge in [-0.1, -0.05) is 23.8 Å². The monoisotopic (exact) mass is 500 g/mol. The molecule has 7 heteroatoms. The third-order valence-electron chi connectivity index (χ3n) is 7.09. The van der Waals surface area contributed by atoms with Crippen LogP contribution in [-0.2, 0) is 14.4 Å². The highest BCUT2D eigenvalue weighted by atomic mass is 16.5. The summed E-state index contributed by atoms with van der Waals surface area (Å²) in [5.74, 6) is 0.415. The van der Waals surface area contributed by atoms with Crippen LogP contribution in [0, 0.1) is 6.92 Å². The zero-order valence-corrected chi connectivity index (χ0v) is 21.3. The van der Waals surface area contributed by atoms with Crippen molar-refractivity contribution in [3.8, 4) is 11.5 Å². The molecule has 0 bridgehead atoms. The van der Waals surface area contributed by atoms with Gasteiger partial charge in [-0.05, 0) is 69.4 Å². The van der Waals surface area contributed by atoms with Crippen LogP contribution in [0.15, 0.2) is 65.0 Å². The Balaban J connectivity index is 1.42. The molecule has 192 valence electrons. The maximum Gasteiger partial charge on any atom is 0.262 e. The van der Waals surface area contributed by atoms with Crippen molar-refractivity contribution in [2.75, 3.05) is 18.5 Å². The smallest absolute Gasteiger partial charge is 0.262 e. The number of carbonyl (C=O) groups excluding carboxylic acids is 3. The topological polar surface area (TPSA) is 93.7 Å². The molecule has 7 nitrogen and oxygen atoms in total. The van der Waals surface area contributed by atoms with E-state index >= 15 is 0 Å². The van der Waals surface area contributed by atoms with Gasteiger partial charge in [0.2, 0.25) is 0 Å². The van der Waals surface area contributed by atoms with Crippen molar-refractivity contribution in [1.29, 1.82) is 0 Å².